The van der Waals surface area contributed by atoms with Gasteiger partial charge in [0.1, 0.15) is 0 Å². The molecule has 1 amide bonds. The number of thiophene rings is 1. The first-order valence-electron chi connectivity index (χ1n) is 5.97. The van der Waals surface area contributed by atoms with Gasteiger partial charge in [-0.3, -0.25) is 4.79 Å². The van der Waals surface area contributed by atoms with Gasteiger partial charge in [0.05, 0.1) is 3.79 Å². The van der Waals surface area contributed by atoms with E-state index in [9.17, 15) is 4.79 Å². The molecular formula is C13H18BrNO2S. The van der Waals surface area contributed by atoms with Crippen LogP contribution in [0, 0.1) is 5.92 Å². The highest BCUT2D eigenvalue weighted by atomic mass is 79.9. The van der Waals surface area contributed by atoms with Gasteiger partial charge < -0.3 is 10.4 Å². The summed E-state index contributed by atoms with van der Waals surface area (Å²) >= 11 is 4.96. The fraction of sp³-hybridized carbons (Fsp3) is 0.462. The number of nitrogens with one attached hydrogen (secondary N) is 1. The summed E-state index contributed by atoms with van der Waals surface area (Å²) in [5.74, 6) is 0.263. The summed E-state index contributed by atoms with van der Waals surface area (Å²) in [5, 5.41) is 11.7. The third-order valence-electron chi connectivity index (χ3n) is 2.67. The third kappa shape index (κ3) is 5.80. The van der Waals surface area contributed by atoms with Crippen molar-refractivity contribution in [2.45, 2.75) is 19.8 Å². The van der Waals surface area contributed by atoms with E-state index in [2.05, 4.69) is 28.2 Å². The van der Waals surface area contributed by atoms with Crippen LogP contribution in [0.25, 0.3) is 6.08 Å². The van der Waals surface area contributed by atoms with E-state index >= 15 is 0 Å². The minimum Gasteiger partial charge on any atom is -0.396 e. The van der Waals surface area contributed by atoms with Crippen molar-refractivity contribution in [1.82, 2.24) is 5.32 Å². The largest absolute Gasteiger partial charge is 0.396 e. The van der Waals surface area contributed by atoms with Crippen LogP contribution in [0.4, 0.5) is 0 Å². The zero-order valence-corrected chi connectivity index (χ0v) is 12.8. The van der Waals surface area contributed by atoms with Crippen LogP contribution in [-0.2, 0) is 4.79 Å². The maximum absolute atomic E-state index is 11.6. The van der Waals surface area contributed by atoms with E-state index in [0.29, 0.717) is 12.5 Å². The molecule has 0 bridgehead atoms. The molecule has 2 N–H and O–H groups in total. The Balaban J connectivity index is 2.35. The molecule has 0 saturated carbocycles. The van der Waals surface area contributed by atoms with E-state index < -0.39 is 0 Å². The number of carbonyl (C=O) groups excluding carboxylic acids is 1. The molecule has 1 atom stereocenters. The molecule has 1 rings (SSSR count). The second-order valence-electron chi connectivity index (χ2n) is 4.01. The Kier molecular flexibility index (Phi) is 7.23. The normalized spacial score (nSPS) is 12.8. The monoisotopic (exact) mass is 331 g/mol. The topological polar surface area (TPSA) is 49.3 Å². The average molecular weight is 332 g/mol. The fourth-order valence-electron chi connectivity index (χ4n) is 1.51. The Morgan fingerprint density at radius 3 is 2.94 bits per heavy atom. The van der Waals surface area contributed by atoms with E-state index in [1.54, 1.807) is 23.5 Å². The quantitative estimate of drug-likeness (QED) is 0.754. The highest BCUT2D eigenvalue weighted by Crippen LogP contribution is 2.22. The molecule has 0 aliphatic heterocycles. The molecule has 18 heavy (non-hydrogen) atoms. The van der Waals surface area contributed by atoms with E-state index in [1.807, 2.05) is 12.1 Å². The molecule has 100 valence electrons. The summed E-state index contributed by atoms with van der Waals surface area (Å²) in [4.78, 5) is 12.6. The van der Waals surface area contributed by atoms with Crippen LogP contribution in [0.15, 0.2) is 22.0 Å². The van der Waals surface area contributed by atoms with Gasteiger partial charge in [-0.2, -0.15) is 0 Å². The second kappa shape index (κ2) is 8.45. The predicted octanol–water partition coefficient (Wildman–Crippen LogP) is 3.05. The van der Waals surface area contributed by atoms with E-state index in [4.69, 9.17) is 5.11 Å². The Morgan fingerprint density at radius 1 is 1.61 bits per heavy atom. The Hall–Kier alpha value is -0.650. The molecule has 1 unspecified atom stereocenters. The lowest BCUT2D eigenvalue weighted by Crippen LogP contribution is -2.28. The lowest BCUT2D eigenvalue weighted by atomic mass is 10.0. The number of rotatable bonds is 7. The Labute approximate surface area is 120 Å². The van der Waals surface area contributed by atoms with Crippen LogP contribution in [-0.4, -0.2) is 24.2 Å². The lowest BCUT2D eigenvalue weighted by molar-refractivity contribution is -0.116. The first-order chi connectivity index (χ1) is 8.65. The van der Waals surface area contributed by atoms with Crippen molar-refractivity contribution in [2.75, 3.05) is 13.2 Å². The van der Waals surface area contributed by atoms with Crippen molar-refractivity contribution in [2.24, 2.45) is 5.92 Å². The van der Waals surface area contributed by atoms with Crippen LogP contribution in [0.3, 0.4) is 0 Å². The molecule has 0 fully saturated rings. The number of hydrogen-bond acceptors (Lipinski definition) is 3. The summed E-state index contributed by atoms with van der Waals surface area (Å²) in [5.41, 5.74) is 0. The van der Waals surface area contributed by atoms with Gasteiger partial charge in [0, 0.05) is 24.1 Å². The maximum Gasteiger partial charge on any atom is 0.244 e. The van der Waals surface area contributed by atoms with Gasteiger partial charge in [0.15, 0.2) is 0 Å². The molecule has 0 saturated heterocycles. The summed E-state index contributed by atoms with van der Waals surface area (Å²) in [6, 6.07) is 3.91. The molecule has 3 nitrogen and oxygen atoms in total. The molecule has 1 aromatic heterocycles. The smallest absolute Gasteiger partial charge is 0.244 e. The summed E-state index contributed by atoms with van der Waals surface area (Å²) in [6.07, 6.45) is 5.04. The zero-order chi connectivity index (χ0) is 13.4. The van der Waals surface area contributed by atoms with Crippen LogP contribution < -0.4 is 5.32 Å². The van der Waals surface area contributed by atoms with Crippen LogP contribution in [0.5, 0.6) is 0 Å². The molecule has 0 aliphatic rings. The molecule has 5 heteroatoms. The number of aliphatic hydroxyl groups excluding tert-OH is 1. The molecule has 0 aliphatic carbocycles. The standard InChI is InChI=1S/C13H18BrNO2S/c1-2-10(7-8-16)9-15-13(17)6-4-11-3-5-12(14)18-11/h3-6,10,16H,2,7-9H2,1H3,(H,15,17). The Bertz CT molecular complexity index is 403. The first-order valence-corrected chi connectivity index (χ1v) is 7.58. The van der Waals surface area contributed by atoms with Crippen molar-refractivity contribution in [3.63, 3.8) is 0 Å². The van der Waals surface area contributed by atoms with Crippen LogP contribution >= 0.6 is 27.3 Å². The number of hydrogen-bond donors (Lipinski definition) is 2. The van der Waals surface area contributed by atoms with Crippen LogP contribution in [0.1, 0.15) is 24.6 Å². The van der Waals surface area contributed by atoms with Crippen LogP contribution in [0.2, 0.25) is 0 Å². The van der Waals surface area contributed by atoms with Gasteiger partial charge in [0.2, 0.25) is 5.91 Å². The van der Waals surface area contributed by atoms with Crippen molar-refractivity contribution in [1.29, 1.82) is 0 Å². The van der Waals surface area contributed by atoms with Gasteiger partial charge in [-0.1, -0.05) is 13.3 Å². The van der Waals surface area contributed by atoms with Gasteiger partial charge in [-0.15, -0.1) is 11.3 Å². The number of aliphatic hydroxyl groups is 1. The molecule has 0 spiro atoms. The average Bonchev–Trinajstić information content (AvgIpc) is 2.77. The lowest BCUT2D eigenvalue weighted by Gasteiger charge is -2.13. The van der Waals surface area contributed by atoms with Gasteiger partial charge >= 0.3 is 0 Å². The van der Waals surface area contributed by atoms with Gasteiger partial charge in [0.25, 0.3) is 0 Å². The van der Waals surface area contributed by atoms with Gasteiger partial charge in [-0.05, 0) is 46.5 Å². The summed E-state index contributed by atoms with van der Waals surface area (Å²) in [6.45, 7) is 2.85. The SMILES string of the molecule is CCC(CCO)CNC(=O)C=Cc1ccc(Br)s1. The van der Waals surface area contributed by atoms with Crippen molar-refractivity contribution in [3.8, 4) is 0 Å². The predicted molar refractivity (Wildman–Crippen MR) is 79.5 cm³/mol. The fourth-order valence-corrected chi connectivity index (χ4v) is 2.84. The summed E-state index contributed by atoms with van der Waals surface area (Å²) < 4.78 is 1.05. The maximum atomic E-state index is 11.6. The molecule has 1 aromatic rings. The van der Waals surface area contributed by atoms with E-state index in [1.165, 1.54) is 0 Å². The third-order valence-corrected chi connectivity index (χ3v) is 4.26. The highest BCUT2D eigenvalue weighted by Gasteiger charge is 2.06. The molecular weight excluding hydrogens is 314 g/mol. The Morgan fingerprint density at radius 2 is 2.39 bits per heavy atom. The number of amides is 1. The zero-order valence-electron chi connectivity index (χ0n) is 10.4. The summed E-state index contributed by atoms with van der Waals surface area (Å²) in [7, 11) is 0. The van der Waals surface area contributed by atoms with Crippen molar-refractivity contribution >= 4 is 39.2 Å². The molecule has 0 radical (unpaired) electrons. The number of halogens is 1. The van der Waals surface area contributed by atoms with E-state index in [-0.39, 0.29) is 12.5 Å². The van der Waals surface area contributed by atoms with E-state index in [0.717, 1.165) is 21.5 Å². The van der Waals surface area contributed by atoms with Crippen molar-refractivity contribution < 1.29 is 9.90 Å². The highest BCUT2D eigenvalue weighted by molar-refractivity contribution is 9.11. The minimum absolute atomic E-state index is 0.0871. The minimum atomic E-state index is -0.0871. The number of carbonyl (C=O) groups is 1. The molecule has 1 heterocycles. The second-order valence-corrected chi connectivity index (χ2v) is 6.50. The van der Waals surface area contributed by atoms with Gasteiger partial charge in [-0.25, -0.2) is 0 Å². The molecule has 0 aromatic carbocycles. The first kappa shape index (κ1) is 15.4. The van der Waals surface area contributed by atoms with Crippen molar-refractivity contribution in [3.05, 3.63) is 26.9 Å².